The Kier molecular flexibility index (Phi) is 3.89. The van der Waals surface area contributed by atoms with Crippen molar-refractivity contribution in [2.75, 3.05) is 5.73 Å². The van der Waals surface area contributed by atoms with Crippen molar-refractivity contribution in [1.29, 1.82) is 0 Å². The highest BCUT2D eigenvalue weighted by Crippen LogP contribution is 2.27. The zero-order valence-electron chi connectivity index (χ0n) is 14.2. The van der Waals surface area contributed by atoms with E-state index < -0.39 is 34.8 Å². The van der Waals surface area contributed by atoms with Crippen molar-refractivity contribution in [1.82, 2.24) is 9.88 Å². The van der Waals surface area contributed by atoms with Crippen LogP contribution in [0.2, 0.25) is 0 Å². The maximum atomic E-state index is 14.8. The van der Waals surface area contributed by atoms with Crippen LogP contribution in [0.4, 0.5) is 10.2 Å². The Morgan fingerprint density at radius 3 is 2.39 bits per heavy atom. The van der Waals surface area contributed by atoms with E-state index in [1.807, 2.05) is 5.32 Å². The van der Waals surface area contributed by atoms with E-state index in [0.717, 1.165) is 16.7 Å². The summed E-state index contributed by atoms with van der Waals surface area (Å²) in [6.45, 7) is 0. The molecule has 7 nitrogen and oxygen atoms in total. The molecule has 0 saturated heterocycles. The summed E-state index contributed by atoms with van der Waals surface area (Å²) >= 11 is 0. The van der Waals surface area contributed by atoms with Gasteiger partial charge in [0.05, 0.1) is 16.8 Å². The molecular formula is C20H12FN3O4. The van der Waals surface area contributed by atoms with Crippen LogP contribution in [0.25, 0.3) is 5.69 Å². The van der Waals surface area contributed by atoms with E-state index in [0.29, 0.717) is 0 Å². The van der Waals surface area contributed by atoms with Crippen LogP contribution in [0.3, 0.4) is 0 Å². The summed E-state index contributed by atoms with van der Waals surface area (Å²) in [7, 11) is 0. The number of fused-ring (bicyclic) bond motifs is 1. The number of nitrogens with two attached hydrogens (primary N) is 1. The molecular weight excluding hydrogens is 365 g/mol. The molecule has 138 valence electrons. The van der Waals surface area contributed by atoms with Gasteiger partial charge >= 0.3 is 0 Å². The summed E-state index contributed by atoms with van der Waals surface area (Å²) in [5.41, 5.74) is 4.51. The SMILES string of the molecule is Nc1c2c(cc(=O)n1-c1c(F)cccc1C(=O)c1ccccc1)C(=O)NC2=O. The van der Waals surface area contributed by atoms with Crippen LogP contribution >= 0.6 is 0 Å². The molecule has 0 spiro atoms. The quantitative estimate of drug-likeness (QED) is 0.533. The molecule has 3 aromatic rings. The largest absolute Gasteiger partial charge is 0.384 e. The number of amides is 2. The van der Waals surface area contributed by atoms with Gasteiger partial charge in [-0.1, -0.05) is 36.4 Å². The van der Waals surface area contributed by atoms with Gasteiger partial charge in [0.25, 0.3) is 17.4 Å². The monoisotopic (exact) mass is 377 g/mol. The number of hydrogen-bond acceptors (Lipinski definition) is 5. The summed E-state index contributed by atoms with van der Waals surface area (Å²) < 4.78 is 15.5. The molecule has 2 heterocycles. The number of nitrogen functional groups attached to an aromatic ring is 1. The van der Waals surface area contributed by atoms with Gasteiger partial charge in [0, 0.05) is 17.2 Å². The molecule has 0 unspecified atom stereocenters. The van der Waals surface area contributed by atoms with Gasteiger partial charge in [-0.25, -0.2) is 4.39 Å². The number of carbonyl (C=O) groups excluding carboxylic acids is 3. The number of halogens is 1. The summed E-state index contributed by atoms with van der Waals surface area (Å²) in [5, 5.41) is 2.04. The minimum Gasteiger partial charge on any atom is -0.384 e. The maximum absolute atomic E-state index is 14.8. The molecule has 3 N–H and O–H groups in total. The first-order valence-corrected chi connectivity index (χ1v) is 8.20. The lowest BCUT2D eigenvalue weighted by molar-refractivity contribution is 0.0879. The number of para-hydroxylation sites is 1. The van der Waals surface area contributed by atoms with Gasteiger partial charge in [0.15, 0.2) is 5.78 Å². The molecule has 4 rings (SSSR count). The van der Waals surface area contributed by atoms with E-state index in [1.165, 1.54) is 12.1 Å². The Labute approximate surface area is 157 Å². The number of rotatable bonds is 3. The predicted molar refractivity (Wildman–Crippen MR) is 98.1 cm³/mol. The van der Waals surface area contributed by atoms with Crippen LogP contribution in [0, 0.1) is 5.82 Å². The van der Waals surface area contributed by atoms with Crippen LogP contribution in [0.5, 0.6) is 0 Å². The topological polar surface area (TPSA) is 111 Å². The van der Waals surface area contributed by atoms with Crippen molar-refractivity contribution in [3.63, 3.8) is 0 Å². The van der Waals surface area contributed by atoms with E-state index in [9.17, 15) is 23.6 Å². The lowest BCUT2D eigenvalue weighted by Gasteiger charge is -2.16. The summed E-state index contributed by atoms with van der Waals surface area (Å²) in [6.07, 6.45) is 0. The molecule has 1 aromatic heterocycles. The Morgan fingerprint density at radius 2 is 1.68 bits per heavy atom. The van der Waals surface area contributed by atoms with E-state index in [2.05, 4.69) is 0 Å². The highest BCUT2D eigenvalue weighted by molar-refractivity contribution is 6.23. The number of nitrogens with zero attached hydrogens (tertiary/aromatic N) is 1. The van der Waals surface area contributed by atoms with Crippen molar-refractivity contribution in [2.24, 2.45) is 0 Å². The van der Waals surface area contributed by atoms with Crippen LogP contribution in [0.15, 0.2) is 59.4 Å². The third kappa shape index (κ3) is 2.50. The zero-order chi connectivity index (χ0) is 20.0. The number of aromatic nitrogens is 1. The number of ketones is 1. The average Bonchev–Trinajstić information content (AvgIpc) is 2.96. The van der Waals surface area contributed by atoms with Gasteiger partial charge in [-0.15, -0.1) is 0 Å². The van der Waals surface area contributed by atoms with Gasteiger partial charge in [-0.3, -0.25) is 29.1 Å². The van der Waals surface area contributed by atoms with Crippen molar-refractivity contribution in [3.8, 4) is 5.69 Å². The smallest absolute Gasteiger partial charge is 0.262 e. The number of carbonyl (C=O) groups is 3. The normalized spacial score (nSPS) is 12.6. The lowest BCUT2D eigenvalue weighted by Crippen LogP contribution is -2.26. The minimum absolute atomic E-state index is 0.107. The second-order valence-electron chi connectivity index (χ2n) is 6.11. The van der Waals surface area contributed by atoms with E-state index in [1.54, 1.807) is 30.3 Å². The first-order valence-electron chi connectivity index (χ1n) is 8.20. The van der Waals surface area contributed by atoms with E-state index in [4.69, 9.17) is 5.73 Å². The van der Waals surface area contributed by atoms with Gasteiger partial charge in [0.1, 0.15) is 11.6 Å². The van der Waals surface area contributed by atoms with Crippen LogP contribution in [0.1, 0.15) is 36.6 Å². The van der Waals surface area contributed by atoms with Crippen LogP contribution in [-0.4, -0.2) is 22.2 Å². The number of anilines is 1. The van der Waals surface area contributed by atoms with E-state index >= 15 is 0 Å². The molecule has 0 aliphatic carbocycles. The lowest BCUT2D eigenvalue weighted by atomic mass is 10.0. The van der Waals surface area contributed by atoms with Crippen molar-refractivity contribution in [2.45, 2.75) is 0 Å². The highest BCUT2D eigenvalue weighted by atomic mass is 19.1. The fourth-order valence-corrected chi connectivity index (χ4v) is 3.18. The Bertz CT molecular complexity index is 1230. The Balaban J connectivity index is 2.01. The maximum Gasteiger partial charge on any atom is 0.262 e. The zero-order valence-corrected chi connectivity index (χ0v) is 14.2. The van der Waals surface area contributed by atoms with Gasteiger partial charge < -0.3 is 5.73 Å². The highest BCUT2D eigenvalue weighted by Gasteiger charge is 2.33. The number of imide groups is 1. The molecule has 28 heavy (non-hydrogen) atoms. The molecule has 0 radical (unpaired) electrons. The van der Waals surface area contributed by atoms with E-state index in [-0.39, 0.29) is 27.9 Å². The average molecular weight is 377 g/mol. The fraction of sp³-hybridized carbons (Fsp3) is 0. The molecule has 0 bridgehead atoms. The molecule has 1 aliphatic rings. The molecule has 1 aliphatic heterocycles. The third-order valence-corrected chi connectivity index (χ3v) is 4.44. The Morgan fingerprint density at radius 1 is 0.964 bits per heavy atom. The molecule has 0 fully saturated rings. The minimum atomic E-state index is -0.875. The summed E-state index contributed by atoms with van der Waals surface area (Å²) in [5.74, 6) is -3.37. The van der Waals surface area contributed by atoms with Crippen LogP contribution < -0.4 is 16.6 Å². The first kappa shape index (κ1) is 17.3. The standard InChI is InChI=1S/C20H12FN3O4/c21-13-8-4-7-11(17(26)10-5-2-1-3-6-10)16(13)24-14(25)9-12-15(18(24)22)20(28)23-19(12)27/h1-9H,22H2,(H,23,27,28). The number of nitrogens with one attached hydrogen (secondary N) is 1. The Hall–Kier alpha value is -4.07. The molecule has 2 amide bonds. The molecule has 2 aromatic carbocycles. The third-order valence-electron chi connectivity index (χ3n) is 4.44. The molecule has 0 saturated carbocycles. The van der Waals surface area contributed by atoms with Crippen molar-refractivity contribution >= 4 is 23.4 Å². The predicted octanol–water partition coefficient (Wildman–Crippen LogP) is 1.67. The van der Waals surface area contributed by atoms with Gasteiger partial charge in [-0.2, -0.15) is 0 Å². The fourth-order valence-electron chi connectivity index (χ4n) is 3.18. The van der Waals surface area contributed by atoms with Gasteiger partial charge in [-0.05, 0) is 12.1 Å². The number of pyridine rings is 1. The number of benzene rings is 2. The van der Waals surface area contributed by atoms with Crippen LogP contribution in [-0.2, 0) is 0 Å². The number of hydrogen-bond donors (Lipinski definition) is 2. The second-order valence-corrected chi connectivity index (χ2v) is 6.11. The second kappa shape index (κ2) is 6.27. The molecule has 8 heteroatoms. The summed E-state index contributed by atoms with van der Waals surface area (Å²) in [4.78, 5) is 49.4. The molecule has 0 atom stereocenters. The van der Waals surface area contributed by atoms with Crippen molar-refractivity contribution in [3.05, 3.63) is 93.0 Å². The van der Waals surface area contributed by atoms with Gasteiger partial charge in [0.2, 0.25) is 0 Å². The van der Waals surface area contributed by atoms with Crippen molar-refractivity contribution < 1.29 is 18.8 Å². The summed E-state index contributed by atoms with van der Waals surface area (Å²) in [6, 6.07) is 12.8. The first-order chi connectivity index (χ1) is 13.4.